The molecule has 1 fully saturated rings. The Morgan fingerprint density at radius 1 is 1.42 bits per heavy atom. The van der Waals surface area contributed by atoms with Crippen molar-refractivity contribution in [2.24, 2.45) is 5.73 Å². The molecule has 0 aliphatic carbocycles. The third-order valence-electron chi connectivity index (χ3n) is 4.39. The molecule has 134 valence electrons. The van der Waals surface area contributed by atoms with E-state index < -0.39 is 0 Å². The maximum atomic E-state index is 12.8. The van der Waals surface area contributed by atoms with Crippen LogP contribution in [0.4, 0.5) is 0 Å². The first kappa shape index (κ1) is 20.7. The number of hydrogen-bond acceptors (Lipinski definition) is 4. The molecule has 24 heavy (non-hydrogen) atoms. The summed E-state index contributed by atoms with van der Waals surface area (Å²) in [4.78, 5) is 19.3. The van der Waals surface area contributed by atoms with E-state index in [0.717, 1.165) is 36.1 Å². The van der Waals surface area contributed by atoms with Gasteiger partial charge in [0.05, 0.1) is 17.5 Å². The Kier molecular flexibility index (Phi) is 7.01. The fourth-order valence-corrected chi connectivity index (χ4v) is 3.16. The molecule has 2 aromatic heterocycles. The summed E-state index contributed by atoms with van der Waals surface area (Å²) >= 11 is 0. The Labute approximate surface area is 154 Å². The Hall–Kier alpha value is -1.37. The van der Waals surface area contributed by atoms with Gasteiger partial charge in [0, 0.05) is 30.6 Å². The quantitative estimate of drug-likeness (QED) is 0.896. The number of carbonyl (C=O) groups is 1. The second kappa shape index (κ2) is 8.14. The zero-order chi connectivity index (χ0) is 15.9. The number of aryl methyl sites for hydroxylation is 1. The average Bonchev–Trinajstić information content (AvgIpc) is 3.11. The molecule has 0 bridgehead atoms. The third kappa shape index (κ3) is 3.50. The number of carbonyl (C=O) groups excluding carboxylic acids is 1. The van der Waals surface area contributed by atoms with Crippen LogP contribution in [0.3, 0.4) is 0 Å². The van der Waals surface area contributed by atoms with Crippen LogP contribution in [0.25, 0.3) is 11.0 Å². The van der Waals surface area contributed by atoms with Gasteiger partial charge in [-0.1, -0.05) is 0 Å². The number of nitrogens with two attached hydrogens (primary N) is 1. The molecule has 8 heteroatoms. The van der Waals surface area contributed by atoms with E-state index in [0.29, 0.717) is 12.1 Å². The lowest BCUT2D eigenvalue weighted by Gasteiger charge is -2.24. The summed E-state index contributed by atoms with van der Waals surface area (Å²) in [5.41, 5.74) is 8.03. The summed E-state index contributed by atoms with van der Waals surface area (Å²) in [5.74, 6) is 0.0390. The van der Waals surface area contributed by atoms with Gasteiger partial charge in [0.25, 0.3) is 5.91 Å². The van der Waals surface area contributed by atoms with Gasteiger partial charge in [-0.2, -0.15) is 5.10 Å². The van der Waals surface area contributed by atoms with Gasteiger partial charge >= 0.3 is 0 Å². The first-order valence-electron chi connectivity index (χ1n) is 7.88. The van der Waals surface area contributed by atoms with E-state index >= 15 is 0 Å². The molecule has 1 saturated heterocycles. The molecule has 1 aliphatic rings. The van der Waals surface area contributed by atoms with E-state index in [2.05, 4.69) is 23.9 Å². The molecule has 3 rings (SSSR count). The highest BCUT2D eigenvalue weighted by molar-refractivity contribution is 5.98. The molecular formula is C16H25Cl2N5O. The number of aromatic nitrogens is 3. The summed E-state index contributed by atoms with van der Waals surface area (Å²) in [5, 5.41) is 5.28. The van der Waals surface area contributed by atoms with Gasteiger partial charge in [0.2, 0.25) is 0 Å². The largest absolute Gasteiger partial charge is 0.334 e. The molecule has 0 spiro atoms. The Balaban J connectivity index is 0.00000144. The molecule has 0 radical (unpaired) electrons. The minimum Gasteiger partial charge on any atom is -0.334 e. The van der Waals surface area contributed by atoms with E-state index in [-0.39, 0.29) is 42.8 Å². The molecular weight excluding hydrogens is 349 g/mol. The molecule has 2 N–H and O–H groups in total. The minimum atomic E-state index is 0. The highest BCUT2D eigenvalue weighted by Crippen LogP contribution is 2.24. The van der Waals surface area contributed by atoms with Crippen molar-refractivity contribution in [1.82, 2.24) is 19.7 Å². The number of nitrogens with zero attached hydrogens (tertiary/aromatic N) is 4. The average molecular weight is 374 g/mol. The Bertz CT molecular complexity index is 716. The molecule has 6 nitrogen and oxygen atoms in total. The van der Waals surface area contributed by atoms with Crippen LogP contribution in [0, 0.1) is 6.92 Å². The van der Waals surface area contributed by atoms with Crippen molar-refractivity contribution >= 4 is 41.8 Å². The molecule has 1 atom stereocenters. The van der Waals surface area contributed by atoms with Crippen LogP contribution >= 0.6 is 24.8 Å². The summed E-state index contributed by atoms with van der Waals surface area (Å²) in [7, 11) is 0. The first-order chi connectivity index (χ1) is 10.5. The summed E-state index contributed by atoms with van der Waals surface area (Å²) in [6, 6.07) is 2.31. The second-order valence-corrected chi connectivity index (χ2v) is 6.25. The van der Waals surface area contributed by atoms with E-state index in [9.17, 15) is 4.79 Å². The third-order valence-corrected chi connectivity index (χ3v) is 4.39. The van der Waals surface area contributed by atoms with Crippen LogP contribution in [0.2, 0.25) is 0 Å². The van der Waals surface area contributed by atoms with Gasteiger partial charge in [-0.15, -0.1) is 24.8 Å². The van der Waals surface area contributed by atoms with Gasteiger partial charge in [-0.25, -0.2) is 9.67 Å². The smallest absolute Gasteiger partial charge is 0.256 e. The molecule has 0 saturated carbocycles. The van der Waals surface area contributed by atoms with Crippen LogP contribution in [0.15, 0.2) is 12.3 Å². The summed E-state index contributed by atoms with van der Waals surface area (Å²) in [6.07, 6.45) is 3.79. The Morgan fingerprint density at radius 2 is 2.12 bits per heavy atom. The van der Waals surface area contributed by atoms with Crippen molar-refractivity contribution in [2.45, 2.75) is 45.7 Å². The van der Waals surface area contributed by atoms with E-state index in [1.54, 1.807) is 6.20 Å². The Morgan fingerprint density at radius 3 is 2.75 bits per heavy atom. The highest BCUT2D eigenvalue weighted by atomic mass is 35.5. The number of likely N-dealkylation sites (tertiary alicyclic amines) is 1. The van der Waals surface area contributed by atoms with Gasteiger partial charge in [0.15, 0.2) is 5.65 Å². The monoisotopic (exact) mass is 373 g/mol. The topological polar surface area (TPSA) is 77.0 Å². The van der Waals surface area contributed by atoms with Crippen molar-refractivity contribution < 1.29 is 4.79 Å². The van der Waals surface area contributed by atoms with E-state index in [1.165, 1.54) is 0 Å². The highest BCUT2D eigenvalue weighted by Gasteiger charge is 2.29. The predicted molar refractivity (Wildman–Crippen MR) is 100 cm³/mol. The summed E-state index contributed by atoms with van der Waals surface area (Å²) in [6.45, 7) is 7.32. The second-order valence-electron chi connectivity index (χ2n) is 6.25. The lowest BCUT2D eigenvalue weighted by molar-refractivity contribution is 0.0740. The normalized spacial score (nSPS) is 17.0. The molecule has 3 heterocycles. The predicted octanol–water partition coefficient (Wildman–Crippen LogP) is 2.73. The number of pyridine rings is 1. The van der Waals surface area contributed by atoms with Crippen molar-refractivity contribution in [1.29, 1.82) is 0 Å². The SMILES string of the molecule is Cc1nc2c(cnn2C(C)C)cc1C(=O)N1CCCC1CN.Cl.Cl. The van der Waals surface area contributed by atoms with Crippen molar-refractivity contribution in [3.63, 3.8) is 0 Å². The molecule has 1 aliphatic heterocycles. The van der Waals surface area contributed by atoms with Gasteiger partial charge in [0.1, 0.15) is 0 Å². The summed E-state index contributed by atoms with van der Waals surface area (Å²) < 4.78 is 1.88. The van der Waals surface area contributed by atoms with E-state index in [1.807, 2.05) is 22.6 Å². The fourth-order valence-electron chi connectivity index (χ4n) is 3.16. The van der Waals surface area contributed by atoms with Gasteiger partial charge < -0.3 is 10.6 Å². The van der Waals surface area contributed by atoms with Crippen LogP contribution in [0.5, 0.6) is 0 Å². The lowest BCUT2D eigenvalue weighted by Crippen LogP contribution is -2.40. The maximum Gasteiger partial charge on any atom is 0.256 e. The maximum absolute atomic E-state index is 12.8. The number of hydrogen-bond donors (Lipinski definition) is 1. The van der Waals surface area contributed by atoms with Gasteiger partial charge in [-0.3, -0.25) is 4.79 Å². The van der Waals surface area contributed by atoms with Crippen LogP contribution in [0.1, 0.15) is 48.8 Å². The van der Waals surface area contributed by atoms with Crippen LogP contribution in [-0.2, 0) is 0 Å². The van der Waals surface area contributed by atoms with Gasteiger partial charge in [-0.05, 0) is 39.7 Å². The van der Waals surface area contributed by atoms with Crippen LogP contribution in [-0.4, -0.2) is 44.7 Å². The zero-order valence-electron chi connectivity index (χ0n) is 14.2. The molecule has 1 unspecified atom stereocenters. The van der Waals surface area contributed by atoms with Crippen LogP contribution < -0.4 is 5.73 Å². The fraction of sp³-hybridized carbons (Fsp3) is 0.562. The molecule has 1 amide bonds. The number of rotatable bonds is 3. The number of halogens is 2. The molecule has 2 aromatic rings. The number of amides is 1. The number of fused-ring (bicyclic) bond motifs is 1. The zero-order valence-corrected chi connectivity index (χ0v) is 15.9. The van der Waals surface area contributed by atoms with Crippen molar-refractivity contribution in [2.75, 3.05) is 13.1 Å². The minimum absolute atomic E-state index is 0. The molecule has 0 aromatic carbocycles. The standard InChI is InChI=1S/C16H23N5O.2ClH/c1-10(2)21-15-12(9-18-21)7-14(11(3)19-15)16(22)20-6-4-5-13(20)8-17;;/h7,9-10,13H,4-6,8,17H2,1-3H3;2*1H. The van der Waals surface area contributed by atoms with E-state index in [4.69, 9.17) is 5.73 Å². The lowest BCUT2D eigenvalue weighted by atomic mass is 10.1. The first-order valence-corrected chi connectivity index (χ1v) is 7.88. The van der Waals surface area contributed by atoms with Crippen molar-refractivity contribution in [3.8, 4) is 0 Å². The van der Waals surface area contributed by atoms with Crippen molar-refractivity contribution in [3.05, 3.63) is 23.5 Å².